The summed E-state index contributed by atoms with van der Waals surface area (Å²) in [4.78, 5) is 25.6. The highest BCUT2D eigenvalue weighted by atomic mass is 16.5. The number of ether oxygens (including phenoxy) is 1. The number of rotatable bonds is 9. The first-order valence-corrected chi connectivity index (χ1v) is 9.86. The normalized spacial score (nSPS) is 22.6. The minimum absolute atomic E-state index is 0.00357. The second kappa shape index (κ2) is 8.74. The van der Waals surface area contributed by atoms with Gasteiger partial charge < -0.3 is 15.2 Å². The Bertz CT molecular complexity index is 687. The number of likely N-dealkylation sites (tertiary alicyclic amines) is 1. The molecule has 2 N–H and O–H groups in total. The molecule has 1 saturated heterocycles. The summed E-state index contributed by atoms with van der Waals surface area (Å²) in [6.45, 7) is 5.56. The lowest BCUT2D eigenvalue weighted by atomic mass is 10.1. The maximum Gasteiger partial charge on any atom is 0.304 e. The Hall–Kier alpha value is -2.08. The fraction of sp³-hybridized carbons (Fsp3) is 0.619. The maximum absolute atomic E-state index is 12.2. The van der Waals surface area contributed by atoms with Crippen LogP contribution in [0.3, 0.4) is 0 Å². The van der Waals surface area contributed by atoms with Crippen LogP contribution in [0.15, 0.2) is 18.2 Å². The topological polar surface area (TPSA) is 78.9 Å². The Morgan fingerprint density at radius 1 is 1.15 bits per heavy atom. The van der Waals surface area contributed by atoms with Gasteiger partial charge in [0.1, 0.15) is 5.75 Å². The number of aryl methyl sites for hydroxylation is 2. The molecule has 0 unspecified atom stereocenters. The van der Waals surface area contributed by atoms with Gasteiger partial charge in [0.2, 0.25) is 0 Å². The van der Waals surface area contributed by atoms with Gasteiger partial charge in [-0.2, -0.15) is 0 Å². The molecule has 1 amide bonds. The van der Waals surface area contributed by atoms with Crippen LogP contribution in [0.4, 0.5) is 0 Å². The molecular weight excluding hydrogens is 344 g/mol. The van der Waals surface area contributed by atoms with Gasteiger partial charge in [-0.15, -0.1) is 0 Å². The van der Waals surface area contributed by atoms with Gasteiger partial charge >= 0.3 is 5.97 Å². The monoisotopic (exact) mass is 374 g/mol. The van der Waals surface area contributed by atoms with Crippen molar-refractivity contribution < 1.29 is 19.4 Å². The van der Waals surface area contributed by atoms with E-state index in [1.165, 1.54) is 18.4 Å². The predicted molar refractivity (Wildman–Crippen MR) is 103 cm³/mol. The van der Waals surface area contributed by atoms with E-state index in [0.29, 0.717) is 18.2 Å². The molecule has 148 valence electrons. The van der Waals surface area contributed by atoms with E-state index in [1.807, 2.05) is 32.0 Å². The predicted octanol–water partition coefficient (Wildman–Crippen LogP) is 2.52. The van der Waals surface area contributed by atoms with Crippen LogP contribution in [0.2, 0.25) is 0 Å². The number of benzene rings is 1. The van der Waals surface area contributed by atoms with Crippen molar-refractivity contribution in [2.24, 2.45) is 5.92 Å². The molecule has 1 aliphatic carbocycles. The quantitative estimate of drug-likeness (QED) is 0.694. The second-order valence-corrected chi connectivity index (χ2v) is 7.96. The van der Waals surface area contributed by atoms with E-state index in [2.05, 4.69) is 10.2 Å². The SMILES string of the molecule is Cc1ccc(OCC(=O)NC[C@@H]2CC[C@H](CC(=O)O)N2CC2CC2)cc1C. The summed E-state index contributed by atoms with van der Waals surface area (Å²) in [5.74, 6) is 0.519. The maximum atomic E-state index is 12.2. The highest BCUT2D eigenvalue weighted by Crippen LogP contribution is 2.35. The molecule has 3 rings (SSSR count). The minimum atomic E-state index is -0.743. The van der Waals surface area contributed by atoms with Gasteiger partial charge in [-0.05, 0) is 68.7 Å². The molecular formula is C21H30N2O4. The lowest BCUT2D eigenvalue weighted by Crippen LogP contribution is -2.45. The van der Waals surface area contributed by atoms with E-state index < -0.39 is 5.97 Å². The molecule has 6 nitrogen and oxygen atoms in total. The molecule has 0 radical (unpaired) electrons. The zero-order valence-corrected chi connectivity index (χ0v) is 16.2. The van der Waals surface area contributed by atoms with Crippen LogP contribution in [0.5, 0.6) is 5.75 Å². The summed E-state index contributed by atoms with van der Waals surface area (Å²) in [7, 11) is 0. The van der Waals surface area contributed by atoms with Crippen LogP contribution in [0.1, 0.15) is 43.2 Å². The van der Waals surface area contributed by atoms with Crippen LogP contribution in [-0.4, -0.2) is 53.7 Å². The van der Waals surface area contributed by atoms with Crippen molar-refractivity contribution in [1.82, 2.24) is 10.2 Å². The molecule has 1 aromatic carbocycles. The average molecular weight is 374 g/mol. The molecule has 1 aliphatic heterocycles. The molecule has 2 atom stereocenters. The lowest BCUT2D eigenvalue weighted by molar-refractivity contribution is -0.138. The summed E-state index contributed by atoms with van der Waals surface area (Å²) in [6.07, 6.45) is 4.48. The van der Waals surface area contributed by atoms with E-state index in [1.54, 1.807) is 0 Å². The van der Waals surface area contributed by atoms with Gasteiger partial charge in [0, 0.05) is 25.2 Å². The first-order valence-electron chi connectivity index (χ1n) is 9.86. The van der Waals surface area contributed by atoms with E-state index in [0.717, 1.165) is 24.9 Å². The zero-order chi connectivity index (χ0) is 19.4. The van der Waals surface area contributed by atoms with E-state index in [4.69, 9.17) is 9.84 Å². The molecule has 1 saturated carbocycles. The molecule has 27 heavy (non-hydrogen) atoms. The number of nitrogens with one attached hydrogen (secondary N) is 1. The van der Waals surface area contributed by atoms with Gasteiger partial charge in [0.25, 0.3) is 5.91 Å². The van der Waals surface area contributed by atoms with Crippen molar-refractivity contribution in [3.8, 4) is 5.75 Å². The molecule has 0 aromatic heterocycles. The fourth-order valence-electron chi connectivity index (χ4n) is 3.79. The van der Waals surface area contributed by atoms with Crippen molar-refractivity contribution in [3.05, 3.63) is 29.3 Å². The summed E-state index contributed by atoms with van der Waals surface area (Å²) < 4.78 is 5.59. The third-order valence-electron chi connectivity index (χ3n) is 5.73. The van der Waals surface area contributed by atoms with Gasteiger partial charge in [-0.25, -0.2) is 0 Å². The fourth-order valence-corrected chi connectivity index (χ4v) is 3.79. The second-order valence-electron chi connectivity index (χ2n) is 7.96. The van der Waals surface area contributed by atoms with Crippen molar-refractivity contribution in [3.63, 3.8) is 0 Å². The largest absolute Gasteiger partial charge is 0.484 e. The van der Waals surface area contributed by atoms with Crippen LogP contribution < -0.4 is 10.1 Å². The average Bonchev–Trinajstić information content (AvgIpc) is 3.37. The number of amides is 1. The number of nitrogens with zero attached hydrogens (tertiary/aromatic N) is 1. The number of hydrogen-bond donors (Lipinski definition) is 2. The third-order valence-corrected chi connectivity index (χ3v) is 5.73. The number of carboxylic acids is 1. The highest BCUT2D eigenvalue weighted by molar-refractivity contribution is 5.77. The van der Waals surface area contributed by atoms with Crippen molar-refractivity contribution in [1.29, 1.82) is 0 Å². The molecule has 0 bridgehead atoms. The van der Waals surface area contributed by atoms with Crippen LogP contribution in [0.25, 0.3) is 0 Å². The Morgan fingerprint density at radius 2 is 1.89 bits per heavy atom. The molecule has 2 fully saturated rings. The third kappa shape index (κ3) is 5.70. The summed E-state index contributed by atoms with van der Waals surface area (Å²) >= 11 is 0. The lowest BCUT2D eigenvalue weighted by Gasteiger charge is -2.29. The molecule has 6 heteroatoms. The Balaban J connectivity index is 1.46. The summed E-state index contributed by atoms with van der Waals surface area (Å²) in [6, 6.07) is 6.12. The molecule has 2 aliphatic rings. The van der Waals surface area contributed by atoms with Gasteiger partial charge in [-0.3, -0.25) is 14.5 Å². The van der Waals surface area contributed by atoms with E-state index >= 15 is 0 Å². The molecule has 1 heterocycles. The Kier molecular flexibility index (Phi) is 6.37. The van der Waals surface area contributed by atoms with E-state index in [-0.39, 0.29) is 31.0 Å². The van der Waals surface area contributed by atoms with E-state index in [9.17, 15) is 9.59 Å². The van der Waals surface area contributed by atoms with Crippen LogP contribution in [0, 0.1) is 19.8 Å². The first-order chi connectivity index (χ1) is 12.9. The first kappa shape index (κ1) is 19.7. The molecule has 0 spiro atoms. The van der Waals surface area contributed by atoms with Crippen LogP contribution in [-0.2, 0) is 9.59 Å². The van der Waals surface area contributed by atoms with Crippen molar-refractivity contribution in [2.75, 3.05) is 19.7 Å². The van der Waals surface area contributed by atoms with Crippen molar-refractivity contribution in [2.45, 2.75) is 58.0 Å². The van der Waals surface area contributed by atoms with Crippen LogP contribution >= 0.6 is 0 Å². The molecule has 1 aromatic rings. The highest BCUT2D eigenvalue weighted by Gasteiger charge is 2.37. The smallest absolute Gasteiger partial charge is 0.304 e. The van der Waals surface area contributed by atoms with Gasteiger partial charge in [0.15, 0.2) is 6.61 Å². The zero-order valence-electron chi connectivity index (χ0n) is 16.2. The van der Waals surface area contributed by atoms with Crippen molar-refractivity contribution >= 4 is 11.9 Å². The standard InChI is InChI=1S/C21H30N2O4/c1-14-3-8-19(9-15(14)2)27-13-20(24)22-11-18-7-6-17(10-21(25)26)23(18)12-16-4-5-16/h3,8-9,16-18H,4-7,10-13H2,1-2H3,(H,22,24)(H,25,26)/t17-,18+/m1/s1. The summed E-state index contributed by atoms with van der Waals surface area (Å²) in [5, 5.41) is 12.1. The number of carbonyl (C=O) groups excluding carboxylic acids is 1. The number of carbonyl (C=O) groups is 2. The number of hydrogen-bond acceptors (Lipinski definition) is 4. The summed E-state index contributed by atoms with van der Waals surface area (Å²) in [5.41, 5.74) is 2.33. The van der Waals surface area contributed by atoms with Gasteiger partial charge in [-0.1, -0.05) is 6.07 Å². The Morgan fingerprint density at radius 3 is 2.56 bits per heavy atom. The Labute approximate surface area is 160 Å². The minimum Gasteiger partial charge on any atom is -0.484 e. The number of carboxylic acid groups (broad SMARTS) is 1. The number of aliphatic carboxylic acids is 1. The van der Waals surface area contributed by atoms with Gasteiger partial charge in [0.05, 0.1) is 6.42 Å².